The van der Waals surface area contributed by atoms with Crippen molar-refractivity contribution in [3.8, 4) is 16.9 Å². The highest BCUT2D eigenvalue weighted by Crippen LogP contribution is 2.32. The van der Waals surface area contributed by atoms with E-state index in [2.05, 4.69) is 60.3 Å². The Kier molecular flexibility index (Phi) is 5.03. The van der Waals surface area contributed by atoms with Crippen LogP contribution in [0.3, 0.4) is 0 Å². The van der Waals surface area contributed by atoms with Gasteiger partial charge in [0.05, 0.1) is 11.8 Å². The predicted molar refractivity (Wildman–Crippen MR) is 103 cm³/mol. The van der Waals surface area contributed by atoms with Crippen molar-refractivity contribution in [3.05, 3.63) is 78.1 Å². The minimum absolute atomic E-state index is 0.0988. The molecule has 0 saturated heterocycles. The van der Waals surface area contributed by atoms with Crippen LogP contribution in [0.15, 0.2) is 67.0 Å². The third-order valence-corrected chi connectivity index (χ3v) is 4.13. The van der Waals surface area contributed by atoms with Gasteiger partial charge in [0.15, 0.2) is 18.9 Å². The molecule has 0 aliphatic heterocycles. The number of nitrogens with zero attached hydrogens (tertiary/aromatic N) is 1. The third kappa shape index (κ3) is 4.18. The standard InChI is InChI=1S/C22H24N2O/c1-16(2)25-22-14-20(17(3)13-21(22)23)19-9-11-24(12-10-19)15-18-7-5-4-6-8-18/h4-14,16,23H,15H2,1-3H3/p+1. The minimum atomic E-state index is 0.0988. The van der Waals surface area contributed by atoms with Gasteiger partial charge in [0, 0.05) is 17.7 Å². The molecule has 0 amide bonds. The Morgan fingerprint density at radius 2 is 1.68 bits per heavy atom. The number of hydrogen-bond donors (Lipinski definition) is 1. The van der Waals surface area contributed by atoms with Gasteiger partial charge in [0.1, 0.15) is 5.75 Å². The zero-order chi connectivity index (χ0) is 17.8. The fourth-order valence-corrected chi connectivity index (χ4v) is 2.91. The molecule has 0 spiro atoms. The summed E-state index contributed by atoms with van der Waals surface area (Å²) in [6, 6.07) is 18.8. The number of rotatable bonds is 5. The number of anilines is 1. The van der Waals surface area contributed by atoms with Crippen LogP contribution in [0.5, 0.6) is 5.75 Å². The van der Waals surface area contributed by atoms with Crippen LogP contribution in [0.1, 0.15) is 25.0 Å². The zero-order valence-electron chi connectivity index (χ0n) is 15.1. The summed E-state index contributed by atoms with van der Waals surface area (Å²) in [5, 5.41) is 0. The molecule has 1 heterocycles. The molecule has 0 fully saturated rings. The summed E-state index contributed by atoms with van der Waals surface area (Å²) < 4.78 is 8.01. The lowest BCUT2D eigenvalue weighted by atomic mass is 10.0. The first-order valence-corrected chi connectivity index (χ1v) is 8.63. The van der Waals surface area contributed by atoms with Crippen LogP contribution in [0.25, 0.3) is 11.1 Å². The largest absolute Gasteiger partial charge is 0.489 e. The van der Waals surface area contributed by atoms with Gasteiger partial charge >= 0.3 is 0 Å². The Bertz CT molecular complexity index is 840. The summed E-state index contributed by atoms with van der Waals surface area (Å²) in [7, 11) is 0. The quantitative estimate of drug-likeness (QED) is 0.556. The van der Waals surface area contributed by atoms with E-state index < -0.39 is 0 Å². The van der Waals surface area contributed by atoms with E-state index in [1.807, 2.05) is 32.0 Å². The highest BCUT2D eigenvalue weighted by molar-refractivity contribution is 5.73. The van der Waals surface area contributed by atoms with Gasteiger partial charge in [-0.05, 0) is 49.6 Å². The molecule has 0 radical (unpaired) electrons. The average Bonchev–Trinajstić information content (AvgIpc) is 2.59. The molecule has 0 aliphatic carbocycles. The zero-order valence-corrected chi connectivity index (χ0v) is 15.1. The molecule has 2 aromatic carbocycles. The fraction of sp³-hybridized carbons (Fsp3) is 0.227. The number of nitrogens with two attached hydrogens (primary N) is 1. The molecule has 0 atom stereocenters. The number of nitrogen functional groups attached to an aromatic ring is 1. The second-order valence-corrected chi connectivity index (χ2v) is 6.62. The maximum Gasteiger partial charge on any atom is 0.173 e. The molecule has 1 aromatic heterocycles. The SMILES string of the molecule is Cc1cc(N)c(OC(C)C)cc1-c1cc[n+](Cc2ccccc2)cc1. The van der Waals surface area contributed by atoms with Crippen LogP contribution in [-0.2, 0) is 6.54 Å². The van der Waals surface area contributed by atoms with E-state index in [9.17, 15) is 0 Å². The molecule has 0 aliphatic rings. The van der Waals surface area contributed by atoms with E-state index in [4.69, 9.17) is 10.5 Å². The van der Waals surface area contributed by atoms with Crippen molar-refractivity contribution in [2.45, 2.75) is 33.4 Å². The van der Waals surface area contributed by atoms with Crippen LogP contribution in [0.2, 0.25) is 0 Å². The van der Waals surface area contributed by atoms with Gasteiger partial charge < -0.3 is 10.5 Å². The van der Waals surface area contributed by atoms with Crippen LogP contribution in [0, 0.1) is 6.92 Å². The lowest BCUT2D eigenvalue weighted by Gasteiger charge is -2.15. The van der Waals surface area contributed by atoms with E-state index >= 15 is 0 Å². The molecule has 128 valence electrons. The lowest BCUT2D eigenvalue weighted by molar-refractivity contribution is -0.688. The smallest absolute Gasteiger partial charge is 0.173 e. The number of hydrogen-bond acceptors (Lipinski definition) is 2. The highest BCUT2D eigenvalue weighted by Gasteiger charge is 2.11. The summed E-state index contributed by atoms with van der Waals surface area (Å²) in [5.41, 5.74) is 11.5. The van der Waals surface area contributed by atoms with Crippen molar-refractivity contribution in [3.63, 3.8) is 0 Å². The van der Waals surface area contributed by atoms with Gasteiger partial charge in [0.2, 0.25) is 0 Å². The molecule has 0 bridgehead atoms. The van der Waals surface area contributed by atoms with Crippen LogP contribution >= 0.6 is 0 Å². The molecule has 0 saturated carbocycles. The number of aromatic nitrogens is 1. The average molecular weight is 333 g/mol. The van der Waals surface area contributed by atoms with Gasteiger partial charge in [-0.25, -0.2) is 4.57 Å². The van der Waals surface area contributed by atoms with E-state index in [1.165, 1.54) is 5.56 Å². The first-order chi connectivity index (χ1) is 12.0. The summed E-state index contributed by atoms with van der Waals surface area (Å²) in [5.74, 6) is 0.747. The Labute approximate surface area is 149 Å². The van der Waals surface area contributed by atoms with Gasteiger partial charge in [-0.2, -0.15) is 0 Å². The number of ether oxygens (including phenoxy) is 1. The second kappa shape index (κ2) is 7.39. The first kappa shape index (κ1) is 17.0. The molecule has 2 N–H and O–H groups in total. The van der Waals surface area contributed by atoms with Gasteiger partial charge in [0.25, 0.3) is 0 Å². The maximum atomic E-state index is 6.10. The lowest BCUT2D eigenvalue weighted by Crippen LogP contribution is -2.32. The molecule has 3 rings (SSSR count). The Morgan fingerprint density at radius 1 is 1.00 bits per heavy atom. The molecule has 3 nitrogen and oxygen atoms in total. The number of aryl methyl sites for hydroxylation is 1. The maximum absolute atomic E-state index is 6.10. The van der Waals surface area contributed by atoms with E-state index in [0.717, 1.165) is 29.0 Å². The summed E-state index contributed by atoms with van der Waals surface area (Å²) in [6.07, 6.45) is 4.32. The summed E-state index contributed by atoms with van der Waals surface area (Å²) >= 11 is 0. The summed E-state index contributed by atoms with van der Waals surface area (Å²) in [6.45, 7) is 6.96. The van der Waals surface area contributed by atoms with Crippen molar-refractivity contribution >= 4 is 5.69 Å². The normalized spacial score (nSPS) is 10.9. The van der Waals surface area contributed by atoms with Crippen molar-refractivity contribution in [2.24, 2.45) is 0 Å². The van der Waals surface area contributed by atoms with Crippen LogP contribution < -0.4 is 15.0 Å². The monoisotopic (exact) mass is 333 g/mol. The molecular formula is C22H25N2O+. The van der Waals surface area contributed by atoms with Gasteiger partial charge in [-0.3, -0.25) is 0 Å². The fourth-order valence-electron chi connectivity index (χ4n) is 2.91. The minimum Gasteiger partial charge on any atom is -0.489 e. The van der Waals surface area contributed by atoms with Gasteiger partial charge in [-0.15, -0.1) is 0 Å². The Balaban J connectivity index is 1.87. The number of benzene rings is 2. The van der Waals surface area contributed by atoms with Crippen molar-refractivity contribution in [1.29, 1.82) is 0 Å². The van der Waals surface area contributed by atoms with Crippen molar-refractivity contribution in [1.82, 2.24) is 0 Å². The third-order valence-electron chi connectivity index (χ3n) is 4.13. The van der Waals surface area contributed by atoms with Crippen molar-refractivity contribution < 1.29 is 9.30 Å². The van der Waals surface area contributed by atoms with E-state index in [1.54, 1.807) is 0 Å². The molecule has 3 heteroatoms. The van der Waals surface area contributed by atoms with Crippen LogP contribution in [0.4, 0.5) is 5.69 Å². The predicted octanol–water partition coefficient (Wildman–Crippen LogP) is 4.37. The van der Waals surface area contributed by atoms with Crippen molar-refractivity contribution in [2.75, 3.05) is 5.73 Å². The van der Waals surface area contributed by atoms with E-state index in [-0.39, 0.29) is 6.10 Å². The number of pyridine rings is 1. The Morgan fingerprint density at radius 3 is 2.32 bits per heavy atom. The van der Waals surface area contributed by atoms with E-state index in [0.29, 0.717) is 5.69 Å². The molecular weight excluding hydrogens is 308 g/mol. The van der Waals surface area contributed by atoms with Crippen LogP contribution in [-0.4, -0.2) is 6.10 Å². The van der Waals surface area contributed by atoms with Gasteiger partial charge in [-0.1, -0.05) is 30.3 Å². The topological polar surface area (TPSA) is 39.1 Å². The molecule has 3 aromatic rings. The molecule has 0 unspecified atom stereocenters. The first-order valence-electron chi connectivity index (χ1n) is 8.63. The molecule has 25 heavy (non-hydrogen) atoms. The summed E-state index contributed by atoms with van der Waals surface area (Å²) in [4.78, 5) is 0. The second-order valence-electron chi connectivity index (χ2n) is 6.62. The Hall–Kier alpha value is -2.81. The highest BCUT2D eigenvalue weighted by atomic mass is 16.5.